The Morgan fingerprint density at radius 1 is 1.32 bits per heavy atom. The molecule has 3 heterocycles. The van der Waals surface area contributed by atoms with E-state index in [4.69, 9.17) is 0 Å². The second-order valence-electron chi connectivity index (χ2n) is 4.24. The Balaban J connectivity index is 1.68. The number of anilines is 1. The van der Waals surface area contributed by atoms with E-state index < -0.39 is 0 Å². The van der Waals surface area contributed by atoms with Crippen LogP contribution in [-0.2, 0) is 6.54 Å². The average Bonchev–Trinajstić information content (AvgIpc) is 3.09. The van der Waals surface area contributed by atoms with Crippen LogP contribution < -0.4 is 5.32 Å². The maximum absolute atomic E-state index is 4.38. The lowest BCUT2D eigenvalue weighted by atomic mass is 10.3. The molecule has 0 unspecified atom stereocenters. The molecular weight excluding hydrogens is 256 g/mol. The predicted octanol–water partition coefficient (Wildman–Crippen LogP) is 3.25. The lowest BCUT2D eigenvalue weighted by molar-refractivity contribution is 0.847. The van der Waals surface area contributed by atoms with Crippen LogP contribution in [0, 0.1) is 6.92 Å². The van der Waals surface area contributed by atoms with Gasteiger partial charge in [0.2, 0.25) is 0 Å². The van der Waals surface area contributed by atoms with E-state index in [-0.39, 0.29) is 0 Å². The third kappa shape index (κ3) is 2.66. The summed E-state index contributed by atoms with van der Waals surface area (Å²) in [6.07, 6.45) is 5.46. The summed E-state index contributed by atoms with van der Waals surface area (Å²) in [7, 11) is 0. The number of rotatable bonds is 4. The Labute approximate surface area is 115 Å². The number of hydrogen-bond acceptors (Lipinski definition) is 4. The van der Waals surface area contributed by atoms with Crippen LogP contribution in [0.3, 0.4) is 0 Å². The number of nitrogens with zero attached hydrogens (tertiary/aromatic N) is 3. The molecule has 3 aromatic heterocycles. The second-order valence-corrected chi connectivity index (χ2v) is 5.24. The summed E-state index contributed by atoms with van der Waals surface area (Å²) < 4.78 is 1.74. The van der Waals surface area contributed by atoms with Crippen molar-refractivity contribution in [3.05, 3.63) is 58.7 Å². The van der Waals surface area contributed by atoms with Crippen LogP contribution in [0.4, 0.5) is 5.69 Å². The summed E-state index contributed by atoms with van der Waals surface area (Å²) in [5.74, 6) is 0.822. The van der Waals surface area contributed by atoms with Gasteiger partial charge in [0.25, 0.3) is 0 Å². The number of hydrogen-bond donors (Lipinski definition) is 1. The van der Waals surface area contributed by atoms with Crippen molar-refractivity contribution in [1.29, 1.82) is 0 Å². The number of thiophene rings is 1. The molecule has 1 N–H and O–H groups in total. The lowest BCUT2D eigenvalue weighted by Crippen LogP contribution is -2.01. The van der Waals surface area contributed by atoms with Gasteiger partial charge in [0.15, 0.2) is 5.82 Å². The van der Waals surface area contributed by atoms with Crippen LogP contribution in [-0.4, -0.2) is 14.8 Å². The monoisotopic (exact) mass is 270 g/mol. The molecular formula is C14H14N4S. The fourth-order valence-corrected chi connectivity index (χ4v) is 2.64. The molecule has 0 spiro atoms. The largest absolute Gasteiger partial charge is 0.379 e. The minimum Gasteiger partial charge on any atom is -0.379 e. The molecule has 0 saturated carbocycles. The zero-order valence-corrected chi connectivity index (χ0v) is 11.4. The Bertz CT molecular complexity index is 640. The molecule has 3 aromatic rings. The van der Waals surface area contributed by atoms with Crippen molar-refractivity contribution in [2.75, 3.05) is 5.32 Å². The second kappa shape index (κ2) is 5.24. The minimum atomic E-state index is 0.822. The van der Waals surface area contributed by atoms with Crippen LogP contribution in [0.2, 0.25) is 0 Å². The number of aryl methyl sites for hydroxylation is 1. The van der Waals surface area contributed by atoms with E-state index in [0.29, 0.717) is 0 Å². The molecule has 0 aliphatic rings. The maximum Gasteiger partial charge on any atom is 0.153 e. The fraction of sp³-hybridized carbons (Fsp3) is 0.143. The summed E-state index contributed by atoms with van der Waals surface area (Å²) >= 11 is 1.77. The summed E-state index contributed by atoms with van der Waals surface area (Å²) in [6, 6.07) is 8.00. The summed E-state index contributed by atoms with van der Waals surface area (Å²) in [5, 5.41) is 9.64. The van der Waals surface area contributed by atoms with Gasteiger partial charge in [0.05, 0.1) is 11.9 Å². The molecule has 0 amide bonds. The van der Waals surface area contributed by atoms with Crippen molar-refractivity contribution in [3.8, 4) is 5.82 Å². The highest BCUT2D eigenvalue weighted by molar-refractivity contribution is 7.10. The Hall–Kier alpha value is -2.14. The van der Waals surface area contributed by atoms with Gasteiger partial charge >= 0.3 is 0 Å². The molecule has 0 fully saturated rings. The molecule has 96 valence electrons. The third-order valence-electron chi connectivity index (χ3n) is 2.91. The third-order valence-corrected chi connectivity index (χ3v) is 3.93. The quantitative estimate of drug-likeness (QED) is 0.791. The van der Waals surface area contributed by atoms with Gasteiger partial charge < -0.3 is 5.32 Å². The van der Waals surface area contributed by atoms with Crippen LogP contribution in [0.5, 0.6) is 0 Å². The zero-order valence-electron chi connectivity index (χ0n) is 10.6. The first-order valence-corrected chi connectivity index (χ1v) is 6.94. The fourth-order valence-electron chi connectivity index (χ4n) is 1.80. The van der Waals surface area contributed by atoms with E-state index in [9.17, 15) is 0 Å². The van der Waals surface area contributed by atoms with Crippen LogP contribution in [0.15, 0.2) is 48.2 Å². The minimum absolute atomic E-state index is 0.822. The molecule has 0 saturated heterocycles. The van der Waals surface area contributed by atoms with Gasteiger partial charge in [-0.1, -0.05) is 0 Å². The van der Waals surface area contributed by atoms with Gasteiger partial charge in [-0.15, -0.1) is 11.3 Å². The summed E-state index contributed by atoms with van der Waals surface area (Å²) in [4.78, 5) is 5.74. The van der Waals surface area contributed by atoms with Crippen molar-refractivity contribution in [3.63, 3.8) is 0 Å². The zero-order chi connectivity index (χ0) is 13.1. The van der Waals surface area contributed by atoms with Gasteiger partial charge in [-0.2, -0.15) is 5.10 Å². The van der Waals surface area contributed by atoms with E-state index in [0.717, 1.165) is 18.1 Å². The van der Waals surface area contributed by atoms with E-state index in [1.54, 1.807) is 22.2 Å². The van der Waals surface area contributed by atoms with E-state index in [2.05, 4.69) is 33.8 Å². The summed E-state index contributed by atoms with van der Waals surface area (Å²) in [5.41, 5.74) is 2.35. The Morgan fingerprint density at radius 3 is 2.89 bits per heavy atom. The molecule has 0 aromatic carbocycles. The van der Waals surface area contributed by atoms with Crippen molar-refractivity contribution in [1.82, 2.24) is 14.8 Å². The smallest absolute Gasteiger partial charge is 0.153 e. The Kier molecular flexibility index (Phi) is 3.29. The molecule has 5 heteroatoms. The van der Waals surface area contributed by atoms with Crippen LogP contribution in [0.1, 0.15) is 10.4 Å². The van der Waals surface area contributed by atoms with Gasteiger partial charge in [-0.3, -0.25) is 0 Å². The highest BCUT2D eigenvalue weighted by Gasteiger charge is 2.01. The van der Waals surface area contributed by atoms with Crippen LogP contribution >= 0.6 is 11.3 Å². The van der Waals surface area contributed by atoms with Crippen LogP contribution in [0.25, 0.3) is 5.82 Å². The van der Waals surface area contributed by atoms with E-state index in [1.165, 1.54) is 10.4 Å². The van der Waals surface area contributed by atoms with Crippen molar-refractivity contribution < 1.29 is 0 Å². The molecule has 0 aliphatic carbocycles. The first-order chi connectivity index (χ1) is 9.33. The molecule has 0 bridgehead atoms. The highest BCUT2D eigenvalue weighted by atomic mass is 32.1. The molecule has 19 heavy (non-hydrogen) atoms. The molecule has 0 radical (unpaired) electrons. The van der Waals surface area contributed by atoms with Gasteiger partial charge in [-0.25, -0.2) is 9.67 Å². The predicted molar refractivity (Wildman–Crippen MR) is 77.7 cm³/mol. The highest BCUT2D eigenvalue weighted by Crippen LogP contribution is 2.17. The van der Waals surface area contributed by atoms with Gasteiger partial charge in [0.1, 0.15) is 0 Å². The van der Waals surface area contributed by atoms with Crippen molar-refractivity contribution >= 4 is 17.0 Å². The lowest BCUT2D eigenvalue weighted by Gasteiger charge is -2.06. The SMILES string of the molecule is Cc1ccsc1CNc1ccc(-n2cccn2)nc1. The molecule has 4 nitrogen and oxygen atoms in total. The maximum atomic E-state index is 4.38. The summed E-state index contributed by atoms with van der Waals surface area (Å²) in [6.45, 7) is 2.97. The van der Waals surface area contributed by atoms with Crippen molar-refractivity contribution in [2.24, 2.45) is 0 Å². The molecule has 0 atom stereocenters. The number of aromatic nitrogens is 3. The molecule has 0 aliphatic heterocycles. The first-order valence-electron chi connectivity index (χ1n) is 6.06. The number of nitrogens with one attached hydrogen (secondary N) is 1. The van der Waals surface area contributed by atoms with E-state index >= 15 is 0 Å². The standard InChI is InChI=1S/C14H14N4S/c1-11-5-8-19-13(11)10-15-12-3-4-14(16-9-12)18-7-2-6-17-18/h2-9,15H,10H2,1H3. The molecule has 3 rings (SSSR count). The average molecular weight is 270 g/mol. The van der Waals surface area contributed by atoms with Gasteiger partial charge in [0, 0.05) is 23.8 Å². The Morgan fingerprint density at radius 2 is 2.26 bits per heavy atom. The van der Waals surface area contributed by atoms with E-state index in [1.807, 2.05) is 30.6 Å². The number of pyridine rings is 1. The first kappa shape index (κ1) is 11.9. The normalized spacial score (nSPS) is 10.6. The van der Waals surface area contributed by atoms with Crippen molar-refractivity contribution in [2.45, 2.75) is 13.5 Å². The van der Waals surface area contributed by atoms with Gasteiger partial charge in [-0.05, 0) is 42.1 Å². The topological polar surface area (TPSA) is 42.7 Å².